The number of aliphatic hydroxyl groups is 2. The number of methoxy groups -OCH3 is 1. The van der Waals surface area contributed by atoms with Crippen molar-refractivity contribution < 1.29 is 29.1 Å². The number of nitro benzene ring substituents is 1. The van der Waals surface area contributed by atoms with Crippen molar-refractivity contribution in [3.8, 4) is 0 Å². The molecule has 8 heteroatoms. The van der Waals surface area contributed by atoms with Crippen molar-refractivity contribution in [2.24, 2.45) is 0 Å². The molecule has 0 bridgehead atoms. The van der Waals surface area contributed by atoms with E-state index in [2.05, 4.69) is 4.74 Å². The third kappa shape index (κ3) is 3.46. The minimum atomic E-state index is -1.24. The lowest BCUT2D eigenvalue weighted by molar-refractivity contribution is -0.385. The Morgan fingerprint density at radius 1 is 1.58 bits per heavy atom. The van der Waals surface area contributed by atoms with Crippen LogP contribution in [0.2, 0.25) is 0 Å². The molecule has 19 heavy (non-hydrogen) atoms. The molecule has 1 atom stereocenters. The van der Waals surface area contributed by atoms with E-state index in [0.717, 1.165) is 13.2 Å². The van der Waals surface area contributed by atoms with Crippen LogP contribution >= 0.6 is 0 Å². The zero-order valence-electron chi connectivity index (χ0n) is 10.00. The van der Waals surface area contributed by atoms with E-state index in [1.807, 2.05) is 0 Å². The van der Waals surface area contributed by atoms with Gasteiger partial charge in [-0.3, -0.25) is 10.1 Å². The van der Waals surface area contributed by atoms with Gasteiger partial charge in [-0.2, -0.15) is 0 Å². The summed E-state index contributed by atoms with van der Waals surface area (Å²) in [6, 6.07) is 1.53. The lowest BCUT2D eigenvalue weighted by Crippen LogP contribution is -2.17. The van der Waals surface area contributed by atoms with E-state index in [4.69, 9.17) is 5.11 Å². The van der Waals surface area contributed by atoms with Crippen LogP contribution in [0.15, 0.2) is 12.1 Å². The number of hydrogen-bond acceptors (Lipinski definition) is 6. The summed E-state index contributed by atoms with van der Waals surface area (Å²) in [5.74, 6) is -1.92. The minimum Gasteiger partial charge on any atom is -0.465 e. The molecule has 1 aromatic rings. The summed E-state index contributed by atoms with van der Waals surface area (Å²) in [4.78, 5) is 21.3. The fourth-order valence-electron chi connectivity index (χ4n) is 1.50. The van der Waals surface area contributed by atoms with E-state index in [0.29, 0.717) is 6.07 Å². The molecule has 7 nitrogen and oxygen atoms in total. The van der Waals surface area contributed by atoms with Crippen molar-refractivity contribution in [2.75, 3.05) is 13.7 Å². The topological polar surface area (TPSA) is 110 Å². The Morgan fingerprint density at radius 3 is 2.68 bits per heavy atom. The molecule has 0 aromatic heterocycles. The molecule has 1 rings (SSSR count). The highest BCUT2D eigenvalue weighted by Crippen LogP contribution is 2.24. The highest BCUT2D eigenvalue weighted by Gasteiger charge is 2.24. The van der Waals surface area contributed by atoms with E-state index in [9.17, 15) is 24.4 Å². The largest absolute Gasteiger partial charge is 0.465 e. The minimum absolute atomic E-state index is 0.166. The van der Waals surface area contributed by atoms with E-state index in [1.54, 1.807) is 0 Å². The second-order valence-corrected chi connectivity index (χ2v) is 3.75. The number of nitrogens with zero attached hydrogens (tertiary/aromatic N) is 1. The van der Waals surface area contributed by atoms with Crippen LogP contribution in [0.1, 0.15) is 15.9 Å². The summed E-state index contributed by atoms with van der Waals surface area (Å²) in [5.41, 5.74) is -1.29. The average Bonchev–Trinajstić information content (AvgIpc) is 2.39. The van der Waals surface area contributed by atoms with Gasteiger partial charge in [-0.05, 0) is 11.6 Å². The van der Waals surface area contributed by atoms with Gasteiger partial charge >= 0.3 is 5.97 Å². The van der Waals surface area contributed by atoms with E-state index < -0.39 is 40.7 Å². The van der Waals surface area contributed by atoms with Gasteiger partial charge in [0.2, 0.25) is 0 Å². The zero-order valence-corrected chi connectivity index (χ0v) is 10.00. The Balaban J connectivity index is 3.28. The van der Waals surface area contributed by atoms with Gasteiger partial charge in [0.15, 0.2) is 0 Å². The summed E-state index contributed by atoms with van der Waals surface area (Å²) in [6.45, 7) is -0.605. The van der Waals surface area contributed by atoms with Gasteiger partial charge in [-0.15, -0.1) is 0 Å². The first-order valence-corrected chi connectivity index (χ1v) is 5.24. The van der Waals surface area contributed by atoms with Gasteiger partial charge in [-0.1, -0.05) is 0 Å². The molecule has 0 saturated heterocycles. The number of hydrogen-bond donors (Lipinski definition) is 2. The Morgan fingerprint density at radius 2 is 2.21 bits per heavy atom. The van der Waals surface area contributed by atoms with Crippen LogP contribution < -0.4 is 0 Å². The van der Waals surface area contributed by atoms with Crippen molar-refractivity contribution in [1.29, 1.82) is 0 Å². The summed E-state index contributed by atoms with van der Waals surface area (Å²) < 4.78 is 18.0. The predicted molar refractivity (Wildman–Crippen MR) is 61.2 cm³/mol. The molecule has 104 valence electrons. The van der Waals surface area contributed by atoms with Crippen molar-refractivity contribution in [3.63, 3.8) is 0 Å². The Labute approximate surface area is 107 Å². The van der Waals surface area contributed by atoms with Crippen LogP contribution in [0.4, 0.5) is 10.1 Å². The van der Waals surface area contributed by atoms with Crippen LogP contribution in [0.25, 0.3) is 0 Å². The monoisotopic (exact) mass is 273 g/mol. The van der Waals surface area contributed by atoms with Crippen LogP contribution in [0.3, 0.4) is 0 Å². The Kier molecular flexibility index (Phi) is 4.90. The van der Waals surface area contributed by atoms with Crippen molar-refractivity contribution in [1.82, 2.24) is 0 Å². The maximum absolute atomic E-state index is 13.7. The predicted octanol–water partition coefficient (Wildman–Crippen LogP) is 0.416. The number of benzene rings is 1. The summed E-state index contributed by atoms with van der Waals surface area (Å²) >= 11 is 0. The summed E-state index contributed by atoms with van der Waals surface area (Å²) in [7, 11) is 1.02. The van der Waals surface area contributed by atoms with Crippen LogP contribution in [0, 0.1) is 15.9 Å². The molecule has 0 fully saturated rings. The second kappa shape index (κ2) is 6.21. The van der Waals surface area contributed by atoms with Gasteiger partial charge in [0, 0.05) is 12.5 Å². The Bertz CT molecular complexity index is 504. The number of halogens is 1. The zero-order chi connectivity index (χ0) is 14.6. The average molecular weight is 273 g/mol. The number of esters is 1. The molecule has 0 saturated carbocycles. The Hall–Kier alpha value is -2.06. The number of ether oxygens (including phenoxy) is 1. The number of nitro groups is 1. The molecule has 2 N–H and O–H groups in total. The molecule has 0 heterocycles. The first-order chi connectivity index (χ1) is 8.90. The molecular formula is C11H12FNO6. The third-order valence-corrected chi connectivity index (χ3v) is 2.43. The maximum Gasteiger partial charge on any atom is 0.344 e. The molecule has 0 spiro atoms. The number of carbonyl (C=O) groups is 1. The fourth-order valence-corrected chi connectivity index (χ4v) is 1.50. The molecule has 0 aliphatic heterocycles. The molecule has 0 aliphatic rings. The van der Waals surface area contributed by atoms with Crippen molar-refractivity contribution in [3.05, 3.63) is 39.2 Å². The number of carbonyl (C=O) groups excluding carboxylic acids is 1. The van der Waals surface area contributed by atoms with Crippen molar-refractivity contribution >= 4 is 11.7 Å². The van der Waals surface area contributed by atoms with Gasteiger partial charge in [0.05, 0.1) is 24.7 Å². The van der Waals surface area contributed by atoms with Crippen LogP contribution in [0.5, 0.6) is 0 Å². The summed E-state index contributed by atoms with van der Waals surface area (Å²) in [5, 5.41) is 28.7. The molecule has 1 unspecified atom stereocenters. The smallest absolute Gasteiger partial charge is 0.344 e. The van der Waals surface area contributed by atoms with E-state index >= 15 is 0 Å². The van der Waals surface area contributed by atoms with Crippen molar-refractivity contribution in [2.45, 2.75) is 12.5 Å². The highest BCUT2D eigenvalue weighted by molar-refractivity contribution is 5.94. The van der Waals surface area contributed by atoms with Gasteiger partial charge < -0.3 is 14.9 Å². The van der Waals surface area contributed by atoms with Crippen LogP contribution in [-0.2, 0) is 11.2 Å². The molecular weight excluding hydrogens is 261 g/mol. The molecule has 0 amide bonds. The van der Waals surface area contributed by atoms with Gasteiger partial charge in [-0.25, -0.2) is 9.18 Å². The lowest BCUT2D eigenvalue weighted by Gasteiger charge is -2.09. The quantitative estimate of drug-likeness (QED) is 0.457. The standard InChI is InChI=1S/C11H12FNO6/c1-19-11(16)8-4-9(12)6(2-7(15)5-14)3-10(8)13(17)18/h3-4,7,14-15H,2,5H2,1H3. The summed E-state index contributed by atoms with van der Waals surface area (Å²) in [6.07, 6.45) is -1.54. The first kappa shape index (κ1) is 15.0. The third-order valence-electron chi connectivity index (χ3n) is 2.43. The first-order valence-electron chi connectivity index (χ1n) is 5.24. The highest BCUT2D eigenvalue weighted by atomic mass is 19.1. The SMILES string of the molecule is COC(=O)c1cc(F)c(CC(O)CO)cc1[N+](=O)[O-]. The normalized spacial score (nSPS) is 12.0. The molecule has 0 radical (unpaired) electrons. The van der Waals surface area contributed by atoms with Crippen LogP contribution in [-0.4, -0.2) is 40.9 Å². The second-order valence-electron chi connectivity index (χ2n) is 3.75. The number of aliphatic hydroxyl groups excluding tert-OH is 2. The lowest BCUT2D eigenvalue weighted by atomic mass is 10.0. The van der Waals surface area contributed by atoms with Gasteiger partial charge in [0.1, 0.15) is 11.4 Å². The molecule has 1 aromatic carbocycles. The van der Waals surface area contributed by atoms with E-state index in [1.165, 1.54) is 0 Å². The molecule has 0 aliphatic carbocycles. The van der Waals surface area contributed by atoms with E-state index in [-0.39, 0.29) is 12.0 Å². The maximum atomic E-state index is 13.7. The fraction of sp³-hybridized carbons (Fsp3) is 0.364. The number of rotatable bonds is 5. The van der Waals surface area contributed by atoms with Gasteiger partial charge in [0.25, 0.3) is 5.69 Å².